The van der Waals surface area contributed by atoms with Crippen LogP contribution in [0.3, 0.4) is 0 Å². The van der Waals surface area contributed by atoms with Gasteiger partial charge in [-0.05, 0) is 12.8 Å². The predicted octanol–water partition coefficient (Wildman–Crippen LogP) is -3.13. The summed E-state index contributed by atoms with van der Waals surface area (Å²) in [6.07, 6.45) is -0.281. The molecule has 142 valence electrons. The number of hydrogen-bond acceptors (Lipinski definition) is 9. The number of esters is 1. The molecule has 2 aliphatic rings. The number of carboxylic acids is 2. The minimum absolute atomic E-state index is 0.0767. The lowest BCUT2D eigenvalue weighted by Crippen LogP contribution is -2.71. The number of thioether (sulfide) groups is 1. The predicted molar refractivity (Wildman–Crippen MR) is 82.5 cm³/mol. The van der Waals surface area contributed by atoms with Crippen molar-refractivity contribution in [2.75, 3.05) is 12.4 Å². The van der Waals surface area contributed by atoms with Gasteiger partial charge >= 0.3 is 5.97 Å². The van der Waals surface area contributed by atoms with Gasteiger partial charge in [0.25, 0.3) is 5.91 Å². The molecule has 10 nitrogen and oxygen atoms in total. The van der Waals surface area contributed by atoms with Crippen LogP contribution in [-0.4, -0.2) is 58.4 Å². The molecule has 2 rings (SSSR count). The van der Waals surface area contributed by atoms with E-state index in [1.807, 2.05) is 0 Å². The van der Waals surface area contributed by atoms with Gasteiger partial charge in [-0.2, -0.15) is 0 Å². The van der Waals surface area contributed by atoms with E-state index in [4.69, 9.17) is 4.74 Å². The second kappa shape index (κ2) is 8.21. The van der Waals surface area contributed by atoms with Crippen LogP contribution in [0, 0.1) is 0 Å². The molecule has 0 aromatic heterocycles. The van der Waals surface area contributed by atoms with Crippen molar-refractivity contribution in [3.05, 3.63) is 11.3 Å². The number of carbonyl (C=O) groups excluding carboxylic acids is 5. The lowest BCUT2D eigenvalue weighted by molar-refractivity contribution is -0.306. The number of nitrogens with zero attached hydrogens (tertiary/aromatic N) is 1. The molecule has 2 amide bonds. The summed E-state index contributed by atoms with van der Waals surface area (Å²) in [5.74, 6) is -4.34. The number of nitrogens with one attached hydrogen (secondary N) is 1. The van der Waals surface area contributed by atoms with Crippen molar-refractivity contribution in [2.45, 2.75) is 37.6 Å². The quantitative estimate of drug-likeness (QED) is 0.338. The van der Waals surface area contributed by atoms with E-state index < -0.39 is 41.1 Å². The van der Waals surface area contributed by atoms with Gasteiger partial charge in [0.1, 0.15) is 18.0 Å². The van der Waals surface area contributed by atoms with Crippen LogP contribution >= 0.6 is 11.8 Å². The van der Waals surface area contributed by atoms with E-state index in [1.165, 1.54) is 18.7 Å². The highest BCUT2D eigenvalue weighted by molar-refractivity contribution is 8.00. The van der Waals surface area contributed by atoms with Crippen LogP contribution in [0.1, 0.15) is 26.2 Å². The molecule has 0 bridgehead atoms. The SMILES string of the molecule is CC(=O)OCC1=C(C(=O)[O-])N2C(=O)[C@@H](NC(=O)CCCC(=O)[O-])[C@H]2SC1. The van der Waals surface area contributed by atoms with E-state index >= 15 is 0 Å². The van der Waals surface area contributed by atoms with E-state index in [0.717, 1.165) is 4.90 Å². The Labute approximate surface area is 152 Å². The van der Waals surface area contributed by atoms with Crippen LogP contribution in [0.2, 0.25) is 0 Å². The number of β-lactam (4-membered cyclic amide) rings is 1. The fraction of sp³-hybridized carbons (Fsp3) is 0.533. The Balaban J connectivity index is 2.02. The molecule has 2 aliphatic heterocycles. The maximum absolute atomic E-state index is 12.3. The minimum Gasteiger partial charge on any atom is -0.550 e. The fourth-order valence-electron chi connectivity index (χ4n) is 2.61. The molecule has 26 heavy (non-hydrogen) atoms. The molecule has 11 heteroatoms. The number of rotatable bonds is 8. The Morgan fingerprint density at radius 1 is 1.27 bits per heavy atom. The summed E-state index contributed by atoms with van der Waals surface area (Å²) in [5, 5.41) is 23.6. The molecule has 2 heterocycles. The molecular formula is C15H16N2O8S-2. The number of aliphatic carboxylic acids is 2. The van der Waals surface area contributed by atoms with Crippen molar-refractivity contribution >= 4 is 41.5 Å². The van der Waals surface area contributed by atoms with Gasteiger partial charge in [0, 0.05) is 30.6 Å². The van der Waals surface area contributed by atoms with Gasteiger partial charge < -0.3 is 29.9 Å². The van der Waals surface area contributed by atoms with Crippen molar-refractivity contribution in [1.82, 2.24) is 10.2 Å². The maximum Gasteiger partial charge on any atom is 0.302 e. The van der Waals surface area contributed by atoms with Crippen LogP contribution < -0.4 is 15.5 Å². The summed E-state index contributed by atoms with van der Waals surface area (Å²) in [6, 6.07) is -0.903. The zero-order valence-corrected chi connectivity index (χ0v) is 14.6. The van der Waals surface area contributed by atoms with E-state index in [2.05, 4.69) is 5.32 Å². The summed E-state index contributed by atoms with van der Waals surface area (Å²) in [7, 11) is 0. The van der Waals surface area contributed by atoms with Crippen LogP contribution in [0.4, 0.5) is 0 Å². The Kier molecular flexibility index (Phi) is 6.24. The number of carbonyl (C=O) groups is 5. The van der Waals surface area contributed by atoms with Crippen molar-refractivity contribution in [2.24, 2.45) is 0 Å². The molecular weight excluding hydrogens is 368 g/mol. The molecule has 0 aromatic carbocycles. The van der Waals surface area contributed by atoms with Gasteiger partial charge in [0.05, 0.1) is 11.7 Å². The second-order valence-electron chi connectivity index (χ2n) is 5.70. The van der Waals surface area contributed by atoms with E-state index in [1.54, 1.807) is 0 Å². The molecule has 0 aromatic rings. The Morgan fingerprint density at radius 2 is 1.96 bits per heavy atom. The van der Waals surface area contributed by atoms with Gasteiger partial charge in [-0.25, -0.2) is 0 Å². The first-order valence-corrected chi connectivity index (χ1v) is 8.78. The Hall–Kier alpha value is -2.56. The van der Waals surface area contributed by atoms with Gasteiger partial charge in [0.2, 0.25) is 5.91 Å². The summed E-state index contributed by atoms with van der Waals surface area (Å²) in [5.41, 5.74) is -0.101. The fourth-order valence-corrected chi connectivity index (χ4v) is 3.94. The molecule has 0 spiro atoms. The maximum atomic E-state index is 12.3. The topological polar surface area (TPSA) is 156 Å². The zero-order valence-electron chi connectivity index (χ0n) is 13.8. The molecule has 1 fully saturated rings. The monoisotopic (exact) mass is 384 g/mol. The van der Waals surface area contributed by atoms with E-state index in [-0.39, 0.29) is 42.9 Å². The van der Waals surface area contributed by atoms with Crippen molar-refractivity contribution in [3.63, 3.8) is 0 Å². The van der Waals surface area contributed by atoms with Crippen molar-refractivity contribution in [3.8, 4) is 0 Å². The number of hydrogen-bond donors (Lipinski definition) is 1. The number of amides is 2. The average Bonchev–Trinajstić information content (AvgIpc) is 2.56. The van der Waals surface area contributed by atoms with Crippen LogP contribution in [0.5, 0.6) is 0 Å². The summed E-state index contributed by atoms with van der Waals surface area (Å²) >= 11 is 1.22. The molecule has 1 N–H and O–H groups in total. The third-order valence-electron chi connectivity index (χ3n) is 3.79. The normalized spacial score (nSPS) is 21.6. The third-order valence-corrected chi connectivity index (χ3v) is 5.13. The highest BCUT2D eigenvalue weighted by atomic mass is 32.2. The molecule has 1 saturated heterocycles. The summed E-state index contributed by atoms with van der Waals surface area (Å²) in [6.45, 7) is 0.918. The highest BCUT2D eigenvalue weighted by Crippen LogP contribution is 2.40. The lowest BCUT2D eigenvalue weighted by atomic mass is 10.0. The Morgan fingerprint density at radius 3 is 2.54 bits per heavy atom. The second-order valence-corrected chi connectivity index (χ2v) is 6.81. The summed E-state index contributed by atoms with van der Waals surface area (Å²) < 4.78 is 4.80. The molecule has 0 aliphatic carbocycles. The summed E-state index contributed by atoms with van der Waals surface area (Å²) in [4.78, 5) is 57.7. The number of ether oxygens (including phenoxy) is 1. The first kappa shape index (κ1) is 19.8. The number of fused-ring (bicyclic) bond motifs is 1. The highest BCUT2D eigenvalue weighted by Gasteiger charge is 2.52. The average molecular weight is 384 g/mol. The van der Waals surface area contributed by atoms with Gasteiger partial charge in [0.15, 0.2) is 0 Å². The van der Waals surface area contributed by atoms with Gasteiger partial charge in [-0.15, -0.1) is 11.8 Å². The van der Waals surface area contributed by atoms with Gasteiger partial charge in [-0.3, -0.25) is 19.3 Å². The van der Waals surface area contributed by atoms with Gasteiger partial charge in [-0.1, -0.05) is 0 Å². The largest absolute Gasteiger partial charge is 0.550 e. The first-order chi connectivity index (χ1) is 12.2. The smallest absolute Gasteiger partial charge is 0.302 e. The third kappa shape index (κ3) is 4.34. The van der Waals surface area contributed by atoms with Crippen LogP contribution in [0.25, 0.3) is 0 Å². The standard InChI is InChI=1S/C15H18N2O8S/c1-7(18)25-5-8-6-26-14-11(13(22)17(14)12(8)15(23)24)16-9(19)3-2-4-10(20)21/h11,14H,2-6H2,1H3,(H,16,19)(H,20,21)(H,23,24)/p-2/t11-,14-/m1/s1. The van der Waals surface area contributed by atoms with E-state index in [0.29, 0.717) is 0 Å². The molecule has 0 radical (unpaired) electrons. The first-order valence-electron chi connectivity index (χ1n) is 7.73. The minimum atomic E-state index is -1.57. The molecule has 2 atom stereocenters. The van der Waals surface area contributed by atoms with Crippen LogP contribution in [-0.2, 0) is 28.7 Å². The number of carboxylic acid groups (broad SMARTS) is 2. The van der Waals surface area contributed by atoms with Crippen LogP contribution in [0.15, 0.2) is 11.3 Å². The van der Waals surface area contributed by atoms with Crippen molar-refractivity contribution < 1.29 is 38.9 Å². The van der Waals surface area contributed by atoms with Crippen molar-refractivity contribution in [1.29, 1.82) is 0 Å². The molecule has 0 saturated carbocycles. The lowest BCUT2D eigenvalue weighted by Gasteiger charge is -2.50. The molecule has 0 unspecified atom stereocenters. The zero-order chi connectivity index (χ0) is 19.4. The van der Waals surface area contributed by atoms with E-state index in [9.17, 15) is 34.2 Å². The Bertz CT molecular complexity index is 689.